The first-order valence-corrected chi connectivity index (χ1v) is 9.73. The number of nitrogens with zero attached hydrogens (tertiary/aromatic N) is 2. The van der Waals surface area contributed by atoms with Crippen LogP contribution in [0.1, 0.15) is 42.7 Å². The number of hydrogen-bond donors (Lipinski definition) is 0. The number of rotatable bonds is 4. The van der Waals surface area contributed by atoms with E-state index < -0.39 is 0 Å². The second-order valence-electron chi connectivity index (χ2n) is 7.49. The zero-order valence-corrected chi connectivity index (χ0v) is 15.1. The molecule has 2 aliphatic rings. The maximum absolute atomic E-state index is 14.0. The third-order valence-electron chi connectivity index (χ3n) is 5.79. The summed E-state index contributed by atoms with van der Waals surface area (Å²) in [6, 6.07) is 11.9. The number of hydrogen-bond acceptors (Lipinski definition) is 2. The third kappa shape index (κ3) is 3.75. The van der Waals surface area contributed by atoms with E-state index in [4.69, 9.17) is 0 Å². The minimum Gasteiger partial charge on any atom is -0.370 e. The molecule has 2 aromatic rings. The van der Waals surface area contributed by atoms with Crippen LogP contribution in [-0.2, 0) is 0 Å². The van der Waals surface area contributed by atoms with Gasteiger partial charge in [0, 0.05) is 31.2 Å². The summed E-state index contributed by atoms with van der Waals surface area (Å²) < 4.78 is 27.4. The minimum atomic E-state index is -0.214. The van der Waals surface area contributed by atoms with E-state index in [-0.39, 0.29) is 17.6 Å². The van der Waals surface area contributed by atoms with E-state index >= 15 is 0 Å². The molecule has 0 radical (unpaired) electrons. The Labute approximate surface area is 154 Å². The Hall–Kier alpha value is -1.94. The van der Waals surface area contributed by atoms with Crippen molar-refractivity contribution >= 4 is 5.69 Å². The maximum atomic E-state index is 14.0. The average Bonchev–Trinajstić information content (AvgIpc) is 3.10. The van der Waals surface area contributed by atoms with Crippen LogP contribution in [0.15, 0.2) is 42.5 Å². The van der Waals surface area contributed by atoms with E-state index in [1.807, 2.05) is 18.2 Å². The van der Waals surface area contributed by atoms with Crippen molar-refractivity contribution in [1.29, 1.82) is 0 Å². The van der Waals surface area contributed by atoms with Gasteiger partial charge in [-0.1, -0.05) is 18.2 Å². The minimum absolute atomic E-state index is 0.185. The van der Waals surface area contributed by atoms with Gasteiger partial charge in [0.2, 0.25) is 0 Å². The van der Waals surface area contributed by atoms with Gasteiger partial charge in [0.25, 0.3) is 0 Å². The van der Waals surface area contributed by atoms with Gasteiger partial charge in [-0.3, -0.25) is 0 Å². The molecule has 4 rings (SSSR count). The second kappa shape index (κ2) is 7.75. The topological polar surface area (TPSA) is 6.48 Å². The molecule has 0 aromatic heterocycles. The molecule has 0 bridgehead atoms. The van der Waals surface area contributed by atoms with Crippen molar-refractivity contribution in [3.8, 4) is 0 Å². The molecular formula is C22H26F2N2. The van der Waals surface area contributed by atoms with E-state index in [9.17, 15) is 8.78 Å². The summed E-state index contributed by atoms with van der Waals surface area (Å²) >= 11 is 0. The lowest BCUT2D eigenvalue weighted by Crippen LogP contribution is -2.34. The summed E-state index contributed by atoms with van der Waals surface area (Å²) in [5, 5.41) is 0. The fourth-order valence-corrected chi connectivity index (χ4v) is 4.39. The Bertz CT molecular complexity index is 738. The van der Waals surface area contributed by atoms with Crippen molar-refractivity contribution in [2.24, 2.45) is 0 Å². The largest absolute Gasteiger partial charge is 0.370 e. The van der Waals surface area contributed by atoms with Crippen molar-refractivity contribution in [1.82, 2.24) is 4.90 Å². The molecule has 138 valence electrons. The molecule has 0 saturated carbocycles. The molecular weight excluding hydrogens is 330 g/mol. The lowest BCUT2D eigenvalue weighted by molar-refractivity contribution is 0.344. The van der Waals surface area contributed by atoms with Crippen molar-refractivity contribution < 1.29 is 8.78 Å². The molecule has 2 aromatic carbocycles. The molecule has 2 aliphatic heterocycles. The molecule has 4 heteroatoms. The fourth-order valence-electron chi connectivity index (χ4n) is 4.39. The first kappa shape index (κ1) is 17.5. The van der Waals surface area contributed by atoms with Gasteiger partial charge in [-0.15, -0.1) is 0 Å². The van der Waals surface area contributed by atoms with Crippen molar-refractivity contribution in [3.05, 3.63) is 65.2 Å². The van der Waals surface area contributed by atoms with Crippen molar-refractivity contribution in [3.63, 3.8) is 0 Å². The smallest absolute Gasteiger partial charge is 0.125 e. The van der Waals surface area contributed by atoms with Crippen molar-refractivity contribution in [2.45, 2.75) is 31.6 Å². The van der Waals surface area contributed by atoms with Crippen LogP contribution in [-0.4, -0.2) is 37.6 Å². The van der Waals surface area contributed by atoms with Crippen LogP contribution in [0.25, 0.3) is 0 Å². The van der Waals surface area contributed by atoms with E-state index in [2.05, 4.69) is 9.80 Å². The lowest BCUT2D eigenvalue weighted by Gasteiger charge is -2.28. The molecule has 0 aliphatic carbocycles. The number of anilines is 1. The number of fused-ring (bicyclic) bond motifs is 1. The molecule has 26 heavy (non-hydrogen) atoms. The summed E-state index contributed by atoms with van der Waals surface area (Å²) in [5.74, 6) is -0.202. The lowest BCUT2D eigenvalue weighted by atomic mass is 9.87. The summed E-state index contributed by atoms with van der Waals surface area (Å²) in [6.07, 6.45) is 4.64. The Morgan fingerprint density at radius 1 is 0.808 bits per heavy atom. The average molecular weight is 356 g/mol. The van der Waals surface area contributed by atoms with Crippen LogP contribution < -0.4 is 4.90 Å². The van der Waals surface area contributed by atoms with Gasteiger partial charge in [-0.2, -0.15) is 0 Å². The number of likely N-dealkylation sites (tertiary alicyclic amines) is 1. The van der Waals surface area contributed by atoms with Crippen LogP contribution in [0.4, 0.5) is 14.5 Å². The van der Waals surface area contributed by atoms with Crippen LogP contribution in [0, 0.1) is 11.6 Å². The quantitative estimate of drug-likeness (QED) is 0.777. The third-order valence-corrected chi connectivity index (χ3v) is 5.79. The zero-order chi connectivity index (χ0) is 17.9. The van der Waals surface area contributed by atoms with Gasteiger partial charge in [-0.05, 0) is 74.2 Å². The molecule has 2 heterocycles. The fraction of sp³-hybridized carbons (Fsp3) is 0.455. The van der Waals surface area contributed by atoms with E-state index in [0.717, 1.165) is 49.3 Å². The van der Waals surface area contributed by atoms with Crippen molar-refractivity contribution in [2.75, 3.05) is 37.6 Å². The summed E-state index contributed by atoms with van der Waals surface area (Å²) in [7, 11) is 0. The van der Waals surface area contributed by atoms with Gasteiger partial charge < -0.3 is 9.80 Å². The summed E-state index contributed by atoms with van der Waals surface area (Å²) in [4.78, 5) is 4.85. The highest BCUT2D eigenvalue weighted by Crippen LogP contribution is 2.39. The first-order valence-electron chi connectivity index (χ1n) is 9.73. The number of halogens is 2. The molecule has 1 atom stereocenters. The molecule has 0 spiro atoms. The van der Waals surface area contributed by atoms with Crippen LogP contribution >= 0.6 is 0 Å². The van der Waals surface area contributed by atoms with Crippen LogP contribution in [0.3, 0.4) is 0 Å². The van der Waals surface area contributed by atoms with Gasteiger partial charge >= 0.3 is 0 Å². The molecule has 0 amide bonds. The molecule has 1 fully saturated rings. The highest BCUT2D eigenvalue weighted by atomic mass is 19.1. The highest BCUT2D eigenvalue weighted by molar-refractivity contribution is 5.58. The van der Waals surface area contributed by atoms with E-state index in [1.165, 1.54) is 38.1 Å². The Kier molecular flexibility index (Phi) is 5.21. The van der Waals surface area contributed by atoms with Gasteiger partial charge in [0.1, 0.15) is 11.6 Å². The van der Waals surface area contributed by atoms with Crippen LogP contribution in [0.5, 0.6) is 0 Å². The van der Waals surface area contributed by atoms with E-state index in [0.29, 0.717) is 0 Å². The summed E-state index contributed by atoms with van der Waals surface area (Å²) in [5.41, 5.74) is 3.29. The first-order chi connectivity index (χ1) is 12.7. The molecule has 0 unspecified atom stereocenters. The standard InChI is InChI=1S/C22H26F2N2/c23-18-7-5-17(6-8-18)20-4-3-13-26(15-14-25-11-1-2-12-25)22-16-19(24)9-10-21(20)22/h5-10,16,20H,1-4,11-15H2/t20-/m1/s1. The normalized spacial score (nSPS) is 20.8. The van der Waals surface area contributed by atoms with Gasteiger partial charge in [0.05, 0.1) is 0 Å². The second-order valence-corrected chi connectivity index (χ2v) is 7.49. The van der Waals surface area contributed by atoms with Crippen LogP contribution in [0.2, 0.25) is 0 Å². The summed E-state index contributed by atoms with van der Waals surface area (Å²) in [6.45, 7) is 5.29. The van der Waals surface area contributed by atoms with Gasteiger partial charge in [0.15, 0.2) is 0 Å². The number of benzene rings is 2. The van der Waals surface area contributed by atoms with E-state index in [1.54, 1.807) is 12.1 Å². The SMILES string of the molecule is Fc1ccc([C@H]2CCCN(CCN3CCCC3)c3cc(F)ccc32)cc1. The molecule has 0 N–H and O–H groups in total. The predicted molar refractivity (Wildman–Crippen MR) is 102 cm³/mol. The maximum Gasteiger partial charge on any atom is 0.125 e. The Morgan fingerprint density at radius 2 is 1.54 bits per heavy atom. The monoisotopic (exact) mass is 356 g/mol. The zero-order valence-electron chi connectivity index (χ0n) is 15.1. The highest BCUT2D eigenvalue weighted by Gasteiger charge is 2.25. The molecule has 1 saturated heterocycles. The predicted octanol–water partition coefficient (Wildman–Crippen LogP) is 4.79. The Balaban J connectivity index is 1.62. The Morgan fingerprint density at radius 3 is 2.31 bits per heavy atom. The van der Waals surface area contributed by atoms with Gasteiger partial charge in [-0.25, -0.2) is 8.78 Å². The molecule has 2 nitrogen and oxygen atoms in total.